The lowest BCUT2D eigenvalue weighted by Crippen LogP contribution is -2.23. The molecule has 0 bridgehead atoms. The molecule has 1 aromatic rings. The van der Waals surface area contributed by atoms with Crippen molar-refractivity contribution in [3.63, 3.8) is 0 Å². The van der Waals surface area contributed by atoms with Gasteiger partial charge in [-0.05, 0) is 53.4 Å². The van der Waals surface area contributed by atoms with Crippen molar-refractivity contribution in [2.24, 2.45) is 5.92 Å². The van der Waals surface area contributed by atoms with E-state index in [0.717, 1.165) is 16.9 Å². The standard InChI is InChI=1S/C13H19BrN2/c1-2-7-15-12(9-10-5-6-10)13-11(14)4-3-8-16-13/h3-4,8,10,12,15H,2,5-7,9H2,1H3. The number of pyridine rings is 1. The SMILES string of the molecule is CCCNC(CC1CC1)c1ncccc1Br. The summed E-state index contributed by atoms with van der Waals surface area (Å²) in [6.45, 7) is 3.27. The number of halogens is 1. The quantitative estimate of drug-likeness (QED) is 0.861. The second kappa shape index (κ2) is 5.78. The van der Waals surface area contributed by atoms with E-state index in [1.165, 1.54) is 31.4 Å². The zero-order chi connectivity index (χ0) is 11.4. The van der Waals surface area contributed by atoms with Crippen molar-refractivity contribution in [3.8, 4) is 0 Å². The van der Waals surface area contributed by atoms with E-state index < -0.39 is 0 Å². The molecule has 1 heterocycles. The van der Waals surface area contributed by atoms with Gasteiger partial charge in [0.2, 0.25) is 0 Å². The molecule has 0 amide bonds. The van der Waals surface area contributed by atoms with E-state index in [1.54, 1.807) is 0 Å². The van der Waals surface area contributed by atoms with Crippen molar-refractivity contribution >= 4 is 15.9 Å². The molecule has 1 saturated carbocycles. The average Bonchev–Trinajstić information content (AvgIpc) is 3.09. The lowest BCUT2D eigenvalue weighted by atomic mass is 10.1. The lowest BCUT2D eigenvalue weighted by Gasteiger charge is -2.18. The molecule has 1 aromatic heterocycles. The minimum atomic E-state index is 0.419. The fraction of sp³-hybridized carbons (Fsp3) is 0.615. The Morgan fingerprint density at radius 1 is 1.56 bits per heavy atom. The molecule has 2 nitrogen and oxygen atoms in total. The highest BCUT2D eigenvalue weighted by Gasteiger charge is 2.27. The van der Waals surface area contributed by atoms with Gasteiger partial charge in [0.05, 0.1) is 11.7 Å². The van der Waals surface area contributed by atoms with Gasteiger partial charge in [-0.15, -0.1) is 0 Å². The minimum absolute atomic E-state index is 0.419. The zero-order valence-electron chi connectivity index (χ0n) is 9.75. The summed E-state index contributed by atoms with van der Waals surface area (Å²) in [6, 6.07) is 4.47. The van der Waals surface area contributed by atoms with Gasteiger partial charge < -0.3 is 5.32 Å². The fourth-order valence-electron chi connectivity index (χ4n) is 1.95. The molecule has 1 aliphatic rings. The normalized spacial score (nSPS) is 17.4. The maximum atomic E-state index is 4.50. The molecule has 0 aromatic carbocycles. The van der Waals surface area contributed by atoms with Crippen LogP contribution in [0.5, 0.6) is 0 Å². The molecular weight excluding hydrogens is 264 g/mol. The summed E-state index contributed by atoms with van der Waals surface area (Å²) in [5.74, 6) is 0.920. The topological polar surface area (TPSA) is 24.9 Å². The third-order valence-corrected chi connectivity index (χ3v) is 3.69. The summed E-state index contributed by atoms with van der Waals surface area (Å²) >= 11 is 3.60. The summed E-state index contributed by atoms with van der Waals surface area (Å²) < 4.78 is 1.13. The van der Waals surface area contributed by atoms with E-state index in [-0.39, 0.29) is 0 Å². The third kappa shape index (κ3) is 3.29. The van der Waals surface area contributed by atoms with Gasteiger partial charge >= 0.3 is 0 Å². The van der Waals surface area contributed by atoms with Crippen LogP contribution >= 0.6 is 15.9 Å². The largest absolute Gasteiger partial charge is 0.309 e. The van der Waals surface area contributed by atoms with Crippen LogP contribution in [0.3, 0.4) is 0 Å². The fourth-order valence-corrected chi connectivity index (χ4v) is 2.48. The first kappa shape index (κ1) is 12.1. The van der Waals surface area contributed by atoms with Gasteiger partial charge in [0, 0.05) is 10.7 Å². The highest BCUT2D eigenvalue weighted by Crippen LogP contribution is 2.38. The Morgan fingerprint density at radius 3 is 3.00 bits per heavy atom. The highest BCUT2D eigenvalue weighted by molar-refractivity contribution is 9.10. The van der Waals surface area contributed by atoms with E-state index in [9.17, 15) is 0 Å². The predicted molar refractivity (Wildman–Crippen MR) is 70.3 cm³/mol. The molecule has 1 aliphatic carbocycles. The summed E-state index contributed by atoms with van der Waals surface area (Å²) in [4.78, 5) is 4.50. The smallest absolute Gasteiger partial charge is 0.0714 e. The van der Waals surface area contributed by atoms with Crippen LogP contribution in [0.25, 0.3) is 0 Å². The molecule has 2 rings (SSSR count). The molecule has 0 radical (unpaired) electrons. The Kier molecular flexibility index (Phi) is 4.36. The molecule has 0 spiro atoms. The first-order valence-corrected chi connectivity index (χ1v) is 6.94. The van der Waals surface area contributed by atoms with Crippen molar-refractivity contribution in [1.29, 1.82) is 0 Å². The van der Waals surface area contributed by atoms with Gasteiger partial charge in [-0.25, -0.2) is 0 Å². The summed E-state index contributed by atoms with van der Waals surface area (Å²) in [5, 5.41) is 3.61. The maximum absolute atomic E-state index is 4.50. The van der Waals surface area contributed by atoms with Gasteiger partial charge in [-0.3, -0.25) is 4.98 Å². The molecule has 1 fully saturated rings. The number of nitrogens with zero attached hydrogens (tertiary/aromatic N) is 1. The molecule has 88 valence electrons. The Balaban J connectivity index is 2.06. The second-order valence-corrected chi connectivity index (χ2v) is 5.41. The number of hydrogen-bond acceptors (Lipinski definition) is 2. The van der Waals surface area contributed by atoms with Gasteiger partial charge in [-0.1, -0.05) is 19.8 Å². The van der Waals surface area contributed by atoms with Crippen molar-refractivity contribution < 1.29 is 0 Å². The van der Waals surface area contributed by atoms with Crippen molar-refractivity contribution in [2.45, 2.75) is 38.6 Å². The van der Waals surface area contributed by atoms with Crippen molar-refractivity contribution in [3.05, 3.63) is 28.5 Å². The molecular formula is C13H19BrN2. The molecule has 3 heteroatoms. The van der Waals surface area contributed by atoms with Crippen LogP contribution < -0.4 is 5.32 Å². The van der Waals surface area contributed by atoms with E-state index >= 15 is 0 Å². The summed E-state index contributed by atoms with van der Waals surface area (Å²) in [7, 11) is 0. The summed E-state index contributed by atoms with van der Waals surface area (Å²) in [5.41, 5.74) is 1.17. The first-order chi connectivity index (χ1) is 7.81. The van der Waals surface area contributed by atoms with Gasteiger partial charge in [0.1, 0.15) is 0 Å². The third-order valence-electron chi connectivity index (χ3n) is 3.02. The molecule has 1 N–H and O–H groups in total. The molecule has 1 unspecified atom stereocenters. The number of hydrogen-bond donors (Lipinski definition) is 1. The predicted octanol–water partition coefficient (Wildman–Crippen LogP) is 3.68. The monoisotopic (exact) mass is 282 g/mol. The number of nitrogens with one attached hydrogen (secondary N) is 1. The van der Waals surface area contributed by atoms with Crippen LogP contribution in [-0.2, 0) is 0 Å². The Morgan fingerprint density at radius 2 is 2.38 bits per heavy atom. The summed E-state index contributed by atoms with van der Waals surface area (Å²) in [6.07, 6.45) is 7.08. The van der Waals surface area contributed by atoms with Crippen molar-refractivity contribution in [1.82, 2.24) is 10.3 Å². The Bertz CT molecular complexity index is 336. The lowest BCUT2D eigenvalue weighted by molar-refractivity contribution is 0.463. The van der Waals surface area contributed by atoms with Crippen LogP contribution in [0.4, 0.5) is 0 Å². The van der Waals surface area contributed by atoms with Gasteiger partial charge in [0.15, 0.2) is 0 Å². The molecule has 0 aliphatic heterocycles. The van der Waals surface area contributed by atoms with E-state index in [4.69, 9.17) is 0 Å². The Hall–Kier alpha value is -0.410. The van der Waals surface area contributed by atoms with Crippen LogP contribution in [0, 0.1) is 5.92 Å². The van der Waals surface area contributed by atoms with Crippen LogP contribution in [0.2, 0.25) is 0 Å². The number of rotatable bonds is 6. The number of aromatic nitrogens is 1. The van der Waals surface area contributed by atoms with Gasteiger partial charge in [0.25, 0.3) is 0 Å². The van der Waals surface area contributed by atoms with E-state index in [0.29, 0.717) is 6.04 Å². The van der Waals surface area contributed by atoms with Crippen LogP contribution in [0.1, 0.15) is 44.3 Å². The van der Waals surface area contributed by atoms with Crippen LogP contribution in [-0.4, -0.2) is 11.5 Å². The van der Waals surface area contributed by atoms with E-state index in [2.05, 4.69) is 39.2 Å². The Labute approximate surface area is 106 Å². The zero-order valence-corrected chi connectivity index (χ0v) is 11.3. The van der Waals surface area contributed by atoms with Crippen LogP contribution in [0.15, 0.2) is 22.8 Å². The van der Waals surface area contributed by atoms with Crippen molar-refractivity contribution in [2.75, 3.05) is 6.54 Å². The van der Waals surface area contributed by atoms with E-state index in [1.807, 2.05) is 12.3 Å². The average molecular weight is 283 g/mol. The maximum Gasteiger partial charge on any atom is 0.0714 e. The second-order valence-electron chi connectivity index (χ2n) is 4.56. The highest BCUT2D eigenvalue weighted by atomic mass is 79.9. The molecule has 0 saturated heterocycles. The molecule has 1 atom stereocenters. The van der Waals surface area contributed by atoms with Gasteiger partial charge in [-0.2, -0.15) is 0 Å². The first-order valence-electron chi connectivity index (χ1n) is 6.15. The molecule has 16 heavy (non-hydrogen) atoms. The minimum Gasteiger partial charge on any atom is -0.309 e.